The van der Waals surface area contributed by atoms with Gasteiger partial charge in [0.15, 0.2) is 11.8 Å². The molecule has 3 heteroatoms. The first kappa shape index (κ1) is 14.9. The van der Waals surface area contributed by atoms with Crippen LogP contribution >= 0.6 is 0 Å². The Hall–Kier alpha value is -2.03. The van der Waals surface area contributed by atoms with Gasteiger partial charge < -0.3 is 4.81 Å². The third-order valence-electron chi connectivity index (χ3n) is 4.39. The molecule has 0 fully saturated rings. The zero-order chi connectivity index (χ0) is 15.7. The van der Waals surface area contributed by atoms with Crippen LogP contribution in [0.25, 0.3) is 6.08 Å². The van der Waals surface area contributed by atoms with Crippen molar-refractivity contribution in [3.63, 3.8) is 0 Å². The topological polar surface area (TPSA) is 7.12 Å². The molecule has 0 aliphatic carbocycles. The van der Waals surface area contributed by atoms with E-state index in [4.69, 9.17) is 0 Å². The summed E-state index contributed by atoms with van der Waals surface area (Å²) in [7, 11) is 4.32. The molecule has 0 N–H and O–H groups in total. The van der Waals surface area contributed by atoms with Gasteiger partial charge in [-0.1, -0.05) is 44.1 Å². The number of anilines is 1. The molecule has 0 radical (unpaired) electrons. The molecule has 0 spiro atoms. The van der Waals surface area contributed by atoms with Crippen LogP contribution in [0.2, 0.25) is 0 Å². The molecule has 0 saturated carbocycles. The van der Waals surface area contributed by atoms with Crippen molar-refractivity contribution in [2.24, 2.45) is 13.0 Å². The fraction of sp³-hybridized carbons (Fsp3) is 0.316. The second-order valence-corrected chi connectivity index (χ2v) is 6.64. The molecule has 0 unspecified atom stereocenters. The Morgan fingerprint density at radius 3 is 2.73 bits per heavy atom. The second kappa shape index (κ2) is 6.00. The number of rotatable bonds is 3. The standard InChI is InChI=1S/C19H24BN2/c1-15(2)13-16-10-12-21(3)19(14-16)20-11-9-17-7-5-6-8-18(17)22(20)4/h5-12,14-15H,13H2,1-4H3/q+1. The Morgan fingerprint density at radius 1 is 1.18 bits per heavy atom. The number of benzene rings is 1. The van der Waals surface area contributed by atoms with Crippen molar-refractivity contribution >= 4 is 24.2 Å². The second-order valence-electron chi connectivity index (χ2n) is 6.64. The molecule has 2 nitrogen and oxygen atoms in total. The van der Waals surface area contributed by atoms with Crippen molar-refractivity contribution in [1.29, 1.82) is 0 Å². The van der Waals surface area contributed by atoms with Gasteiger partial charge in [-0.15, -0.1) is 0 Å². The fourth-order valence-electron chi connectivity index (χ4n) is 3.25. The van der Waals surface area contributed by atoms with E-state index in [0.29, 0.717) is 5.92 Å². The fourth-order valence-corrected chi connectivity index (χ4v) is 3.25. The zero-order valence-electron chi connectivity index (χ0n) is 14.0. The van der Waals surface area contributed by atoms with Gasteiger partial charge in [0.2, 0.25) is 0 Å². The van der Waals surface area contributed by atoms with E-state index in [9.17, 15) is 0 Å². The highest BCUT2D eigenvalue weighted by molar-refractivity contribution is 6.80. The highest BCUT2D eigenvalue weighted by atomic mass is 15.1. The summed E-state index contributed by atoms with van der Waals surface area (Å²) < 4.78 is 2.24. The van der Waals surface area contributed by atoms with Gasteiger partial charge >= 0.3 is 6.85 Å². The molecule has 2 aromatic rings. The van der Waals surface area contributed by atoms with E-state index in [1.54, 1.807) is 0 Å². The van der Waals surface area contributed by atoms with Crippen LogP contribution < -0.4 is 15.0 Å². The van der Waals surface area contributed by atoms with Crippen LogP contribution in [-0.2, 0) is 13.5 Å². The maximum atomic E-state index is 2.36. The van der Waals surface area contributed by atoms with Gasteiger partial charge in [0, 0.05) is 17.8 Å². The molecule has 3 rings (SSSR count). The Balaban J connectivity index is 1.98. The lowest BCUT2D eigenvalue weighted by Gasteiger charge is -2.28. The summed E-state index contributed by atoms with van der Waals surface area (Å²) in [5.74, 6) is 2.98. The lowest BCUT2D eigenvalue weighted by atomic mass is 9.54. The predicted octanol–water partition coefficient (Wildman–Crippen LogP) is 2.61. The van der Waals surface area contributed by atoms with E-state index in [2.05, 4.69) is 92.0 Å². The number of nitrogens with zero attached hydrogens (tertiary/aromatic N) is 2. The Kier molecular flexibility index (Phi) is 4.06. The summed E-state index contributed by atoms with van der Waals surface area (Å²) >= 11 is 0. The van der Waals surface area contributed by atoms with E-state index in [1.165, 1.54) is 22.4 Å². The van der Waals surface area contributed by atoms with E-state index in [0.717, 1.165) is 6.42 Å². The molecular weight excluding hydrogens is 267 g/mol. The Bertz CT molecular complexity index is 706. The molecule has 0 saturated heterocycles. The molecule has 1 aliphatic heterocycles. The van der Waals surface area contributed by atoms with Crippen LogP contribution in [0.1, 0.15) is 25.0 Å². The van der Waals surface area contributed by atoms with Crippen LogP contribution in [0.15, 0.2) is 48.6 Å². The summed E-state index contributed by atoms with van der Waals surface area (Å²) in [6.07, 6.45) is 5.56. The lowest BCUT2D eigenvalue weighted by molar-refractivity contribution is -0.654. The van der Waals surface area contributed by atoms with Crippen molar-refractivity contribution in [3.8, 4) is 0 Å². The number of aryl methyl sites for hydroxylation is 1. The molecule has 0 amide bonds. The summed E-state index contributed by atoms with van der Waals surface area (Å²) in [6, 6.07) is 13.2. The molecule has 112 valence electrons. The summed E-state index contributed by atoms with van der Waals surface area (Å²) in [6.45, 7) is 4.83. The first-order valence-electron chi connectivity index (χ1n) is 8.05. The summed E-state index contributed by atoms with van der Waals surface area (Å²) in [5, 5.41) is 0. The first-order valence-corrected chi connectivity index (χ1v) is 8.05. The summed E-state index contributed by atoms with van der Waals surface area (Å²) in [5.41, 5.74) is 5.35. The van der Waals surface area contributed by atoms with Crippen LogP contribution in [0.4, 0.5) is 5.69 Å². The molecule has 2 heterocycles. The largest absolute Gasteiger partial charge is 0.405 e. The Morgan fingerprint density at radius 2 is 1.95 bits per heavy atom. The van der Waals surface area contributed by atoms with E-state index >= 15 is 0 Å². The number of hydrogen-bond acceptors (Lipinski definition) is 1. The maximum absolute atomic E-state index is 2.36. The third-order valence-corrected chi connectivity index (χ3v) is 4.39. The number of aromatic nitrogens is 1. The molecular formula is C19H24BN2+. The molecule has 1 aliphatic rings. The SMILES string of the molecule is CC(C)Cc1cc[n+](C)c(B2C=Cc3ccccc3N2C)c1. The maximum Gasteiger partial charge on any atom is 0.396 e. The van der Waals surface area contributed by atoms with Gasteiger partial charge in [-0.05, 0) is 36.6 Å². The zero-order valence-corrected chi connectivity index (χ0v) is 14.0. The molecule has 1 aromatic carbocycles. The monoisotopic (exact) mass is 291 g/mol. The molecule has 0 bridgehead atoms. The van der Waals surface area contributed by atoms with Crippen LogP contribution in [-0.4, -0.2) is 13.9 Å². The van der Waals surface area contributed by atoms with Gasteiger partial charge in [0.25, 0.3) is 0 Å². The smallest absolute Gasteiger partial charge is 0.396 e. The van der Waals surface area contributed by atoms with Crippen LogP contribution in [0.5, 0.6) is 0 Å². The van der Waals surface area contributed by atoms with Gasteiger partial charge in [0.1, 0.15) is 7.05 Å². The quantitative estimate of drug-likeness (QED) is 0.623. The third kappa shape index (κ3) is 2.80. The first-order chi connectivity index (χ1) is 10.6. The average Bonchev–Trinajstić information content (AvgIpc) is 2.50. The minimum Gasteiger partial charge on any atom is -0.405 e. The predicted molar refractivity (Wildman–Crippen MR) is 95.4 cm³/mol. The molecule has 22 heavy (non-hydrogen) atoms. The molecule has 0 atom stereocenters. The van der Waals surface area contributed by atoms with E-state index in [-0.39, 0.29) is 6.85 Å². The minimum atomic E-state index is 0.284. The minimum absolute atomic E-state index is 0.284. The summed E-state index contributed by atoms with van der Waals surface area (Å²) in [4.78, 5) is 2.36. The number of para-hydroxylation sites is 1. The highest BCUT2D eigenvalue weighted by Crippen LogP contribution is 2.25. The van der Waals surface area contributed by atoms with Gasteiger partial charge in [0.05, 0.1) is 0 Å². The van der Waals surface area contributed by atoms with Crippen molar-refractivity contribution < 1.29 is 4.57 Å². The van der Waals surface area contributed by atoms with Gasteiger partial charge in [-0.2, -0.15) is 0 Å². The van der Waals surface area contributed by atoms with Crippen molar-refractivity contribution in [1.82, 2.24) is 0 Å². The van der Waals surface area contributed by atoms with Crippen molar-refractivity contribution in [3.05, 3.63) is 59.7 Å². The van der Waals surface area contributed by atoms with Crippen molar-refractivity contribution in [2.45, 2.75) is 20.3 Å². The lowest BCUT2D eigenvalue weighted by Crippen LogP contribution is -2.60. The van der Waals surface area contributed by atoms with E-state index < -0.39 is 0 Å². The van der Waals surface area contributed by atoms with Crippen molar-refractivity contribution in [2.75, 3.05) is 11.9 Å². The van der Waals surface area contributed by atoms with E-state index in [1.807, 2.05) is 0 Å². The Labute approximate surface area is 134 Å². The normalized spacial score (nSPS) is 13.7. The van der Waals surface area contributed by atoms with Gasteiger partial charge in [-0.25, -0.2) is 4.57 Å². The number of pyridine rings is 1. The highest BCUT2D eigenvalue weighted by Gasteiger charge is 2.32. The average molecular weight is 291 g/mol. The van der Waals surface area contributed by atoms with Crippen LogP contribution in [0, 0.1) is 5.92 Å². The van der Waals surface area contributed by atoms with Crippen LogP contribution in [0.3, 0.4) is 0 Å². The van der Waals surface area contributed by atoms with Gasteiger partial charge in [-0.3, -0.25) is 0 Å². The number of fused-ring (bicyclic) bond motifs is 1. The number of hydrogen-bond donors (Lipinski definition) is 0. The molecule has 1 aromatic heterocycles.